The minimum atomic E-state index is 0.0445. The SMILES string of the molecule is C[C@H](N)c1cncn1C1CCOC1. The molecule has 2 atom stereocenters. The Labute approximate surface area is 77.7 Å². The third-order valence-electron chi connectivity index (χ3n) is 2.46. The van der Waals surface area contributed by atoms with E-state index in [0.29, 0.717) is 6.04 Å². The molecule has 0 radical (unpaired) electrons. The van der Waals surface area contributed by atoms with Gasteiger partial charge in [0.15, 0.2) is 0 Å². The highest BCUT2D eigenvalue weighted by molar-refractivity contribution is 5.05. The summed E-state index contributed by atoms with van der Waals surface area (Å²) in [6.45, 7) is 3.61. The maximum absolute atomic E-state index is 5.82. The van der Waals surface area contributed by atoms with E-state index in [2.05, 4.69) is 9.55 Å². The van der Waals surface area contributed by atoms with Gasteiger partial charge < -0.3 is 15.0 Å². The molecule has 2 heterocycles. The maximum Gasteiger partial charge on any atom is 0.0952 e. The highest BCUT2D eigenvalue weighted by atomic mass is 16.5. The van der Waals surface area contributed by atoms with E-state index in [4.69, 9.17) is 10.5 Å². The van der Waals surface area contributed by atoms with Gasteiger partial charge in [0.25, 0.3) is 0 Å². The Morgan fingerprint density at radius 1 is 1.77 bits per heavy atom. The van der Waals surface area contributed by atoms with Crippen molar-refractivity contribution >= 4 is 0 Å². The molecule has 0 aromatic carbocycles. The fourth-order valence-electron chi connectivity index (χ4n) is 1.71. The molecule has 0 saturated carbocycles. The smallest absolute Gasteiger partial charge is 0.0952 e. The Morgan fingerprint density at radius 3 is 3.23 bits per heavy atom. The van der Waals surface area contributed by atoms with Crippen LogP contribution in [0.25, 0.3) is 0 Å². The van der Waals surface area contributed by atoms with Gasteiger partial charge in [-0.15, -0.1) is 0 Å². The third-order valence-corrected chi connectivity index (χ3v) is 2.46. The molecule has 0 spiro atoms. The van der Waals surface area contributed by atoms with Gasteiger partial charge in [0.2, 0.25) is 0 Å². The monoisotopic (exact) mass is 181 g/mol. The van der Waals surface area contributed by atoms with Crippen molar-refractivity contribution in [3.05, 3.63) is 18.2 Å². The van der Waals surface area contributed by atoms with Gasteiger partial charge in [-0.2, -0.15) is 0 Å². The lowest BCUT2D eigenvalue weighted by atomic mass is 10.2. The molecule has 4 heteroatoms. The first kappa shape index (κ1) is 8.72. The van der Waals surface area contributed by atoms with Crippen molar-refractivity contribution in [2.24, 2.45) is 5.73 Å². The zero-order chi connectivity index (χ0) is 9.26. The van der Waals surface area contributed by atoms with E-state index in [-0.39, 0.29) is 6.04 Å². The summed E-state index contributed by atoms with van der Waals surface area (Å²) in [6, 6.07) is 0.478. The average Bonchev–Trinajstić information content (AvgIpc) is 2.74. The van der Waals surface area contributed by atoms with E-state index >= 15 is 0 Å². The Hall–Kier alpha value is -0.870. The molecule has 1 aliphatic heterocycles. The third kappa shape index (κ3) is 1.59. The van der Waals surface area contributed by atoms with Gasteiger partial charge in [0.05, 0.1) is 24.7 Å². The Morgan fingerprint density at radius 2 is 2.62 bits per heavy atom. The molecule has 72 valence electrons. The molecule has 0 aliphatic carbocycles. The number of imidazole rings is 1. The van der Waals surface area contributed by atoms with E-state index in [1.165, 1.54) is 0 Å². The largest absolute Gasteiger partial charge is 0.379 e. The van der Waals surface area contributed by atoms with Gasteiger partial charge in [-0.05, 0) is 13.3 Å². The van der Waals surface area contributed by atoms with Gasteiger partial charge in [-0.25, -0.2) is 4.98 Å². The molecule has 2 rings (SSSR count). The maximum atomic E-state index is 5.82. The zero-order valence-corrected chi connectivity index (χ0v) is 7.81. The molecule has 2 N–H and O–H groups in total. The van der Waals surface area contributed by atoms with Crippen LogP contribution in [0.5, 0.6) is 0 Å². The second-order valence-electron chi connectivity index (χ2n) is 3.53. The molecule has 0 amide bonds. The van der Waals surface area contributed by atoms with Gasteiger partial charge >= 0.3 is 0 Å². The molecule has 4 nitrogen and oxygen atoms in total. The summed E-state index contributed by atoms with van der Waals surface area (Å²) in [5.41, 5.74) is 6.92. The van der Waals surface area contributed by atoms with Gasteiger partial charge in [-0.1, -0.05) is 0 Å². The molecule has 1 aliphatic rings. The number of rotatable bonds is 2. The lowest BCUT2D eigenvalue weighted by molar-refractivity contribution is 0.186. The summed E-state index contributed by atoms with van der Waals surface area (Å²) in [7, 11) is 0. The second kappa shape index (κ2) is 3.47. The zero-order valence-electron chi connectivity index (χ0n) is 7.81. The second-order valence-corrected chi connectivity index (χ2v) is 3.53. The molecule has 1 aromatic heterocycles. The number of aromatic nitrogens is 2. The molecule has 0 bridgehead atoms. The van der Waals surface area contributed by atoms with Crippen molar-refractivity contribution in [1.82, 2.24) is 9.55 Å². The molecule has 1 unspecified atom stereocenters. The van der Waals surface area contributed by atoms with Crippen LogP contribution in [0.4, 0.5) is 0 Å². The van der Waals surface area contributed by atoms with E-state index in [1.54, 1.807) is 0 Å². The van der Waals surface area contributed by atoms with E-state index in [9.17, 15) is 0 Å². The molecule has 1 saturated heterocycles. The summed E-state index contributed by atoms with van der Waals surface area (Å²) in [5.74, 6) is 0. The standard InChI is InChI=1S/C9H15N3O/c1-7(10)9-4-11-6-12(9)8-2-3-13-5-8/h4,6-8H,2-3,5,10H2,1H3/t7-,8?/m0/s1. The number of nitrogens with zero attached hydrogens (tertiary/aromatic N) is 2. The van der Waals surface area contributed by atoms with Crippen molar-refractivity contribution in [3.8, 4) is 0 Å². The Bertz CT molecular complexity index is 276. The van der Waals surface area contributed by atoms with Gasteiger partial charge in [0.1, 0.15) is 0 Å². The Balaban J connectivity index is 2.23. The molecular weight excluding hydrogens is 166 g/mol. The first-order chi connectivity index (χ1) is 6.29. The molecule has 13 heavy (non-hydrogen) atoms. The fraction of sp³-hybridized carbons (Fsp3) is 0.667. The normalized spacial score (nSPS) is 24.9. The predicted octanol–water partition coefficient (Wildman–Crippen LogP) is 0.864. The highest BCUT2D eigenvalue weighted by Gasteiger charge is 2.20. The molecule has 1 fully saturated rings. The summed E-state index contributed by atoms with van der Waals surface area (Å²) >= 11 is 0. The first-order valence-electron chi connectivity index (χ1n) is 4.64. The predicted molar refractivity (Wildman–Crippen MR) is 49.3 cm³/mol. The summed E-state index contributed by atoms with van der Waals surface area (Å²) in [6.07, 6.45) is 4.75. The van der Waals surface area contributed by atoms with Crippen molar-refractivity contribution < 1.29 is 4.74 Å². The summed E-state index contributed by atoms with van der Waals surface area (Å²) in [5, 5.41) is 0. The van der Waals surface area contributed by atoms with Crippen molar-refractivity contribution in [2.45, 2.75) is 25.4 Å². The lowest BCUT2D eigenvalue weighted by Crippen LogP contribution is -2.16. The van der Waals surface area contributed by atoms with Crippen LogP contribution in [0.15, 0.2) is 12.5 Å². The van der Waals surface area contributed by atoms with Crippen LogP contribution in [-0.4, -0.2) is 22.8 Å². The van der Waals surface area contributed by atoms with Crippen molar-refractivity contribution in [3.63, 3.8) is 0 Å². The summed E-state index contributed by atoms with van der Waals surface area (Å²) < 4.78 is 7.46. The van der Waals surface area contributed by atoms with E-state index in [1.807, 2.05) is 19.4 Å². The van der Waals surface area contributed by atoms with E-state index in [0.717, 1.165) is 25.3 Å². The minimum Gasteiger partial charge on any atom is -0.379 e. The quantitative estimate of drug-likeness (QED) is 0.736. The highest BCUT2D eigenvalue weighted by Crippen LogP contribution is 2.22. The lowest BCUT2D eigenvalue weighted by Gasteiger charge is -2.15. The van der Waals surface area contributed by atoms with Crippen molar-refractivity contribution in [2.75, 3.05) is 13.2 Å². The number of nitrogens with two attached hydrogens (primary N) is 1. The van der Waals surface area contributed by atoms with Crippen LogP contribution >= 0.6 is 0 Å². The van der Waals surface area contributed by atoms with Crippen LogP contribution in [-0.2, 0) is 4.74 Å². The van der Waals surface area contributed by atoms with E-state index < -0.39 is 0 Å². The minimum absolute atomic E-state index is 0.0445. The fourth-order valence-corrected chi connectivity index (χ4v) is 1.71. The van der Waals surface area contributed by atoms with Crippen molar-refractivity contribution in [1.29, 1.82) is 0 Å². The van der Waals surface area contributed by atoms with Crippen LogP contribution < -0.4 is 5.73 Å². The average molecular weight is 181 g/mol. The molecule has 1 aromatic rings. The molecular formula is C9H15N3O. The number of hydrogen-bond donors (Lipinski definition) is 1. The van der Waals surface area contributed by atoms with Gasteiger partial charge in [0, 0.05) is 18.8 Å². The van der Waals surface area contributed by atoms with Crippen LogP contribution in [0.3, 0.4) is 0 Å². The Kier molecular flexibility index (Phi) is 2.33. The summed E-state index contributed by atoms with van der Waals surface area (Å²) in [4.78, 5) is 4.12. The number of ether oxygens (including phenoxy) is 1. The topological polar surface area (TPSA) is 53.1 Å². The number of hydrogen-bond acceptors (Lipinski definition) is 3. The van der Waals surface area contributed by atoms with Crippen LogP contribution in [0.1, 0.15) is 31.1 Å². The van der Waals surface area contributed by atoms with Crippen LogP contribution in [0.2, 0.25) is 0 Å². The van der Waals surface area contributed by atoms with Crippen LogP contribution in [0, 0.1) is 0 Å². The first-order valence-corrected chi connectivity index (χ1v) is 4.64. The van der Waals surface area contributed by atoms with Gasteiger partial charge in [-0.3, -0.25) is 0 Å².